The van der Waals surface area contributed by atoms with Gasteiger partial charge in [-0.3, -0.25) is 0 Å². The van der Waals surface area contributed by atoms with Gasteiger partial charge in [-0.25, -0.2) is 4.98 Å². The first-order chi connectivity index (χ1) is 7.93. The molecule has 17 heavy (non-hydrogen) atoms. The Morgan fingerprint density at radius 3 is 2.71 bits per heavy atom. The quantitative estimate of drug-likeness (QED) is 0.806. The Labute approximate surface area is 113 Å². The summed E-state index contributed by atoms with van der Waals surface area (Å²) in [5.41, 5.74) is 1.24. The van der Waals surface area contributed by atoms with Crippen molar-refractivity contribution in [2.45, 2.75) is 51.6 Å². The summed E-state index contributed by atoms with van der Waals surface area (Å²) in [6, 6.07) is 0. The molecular weight excluding hydrogens is 250 g/mol. The highest BCUT2D eigenvalue weighted by Gasteiger charge is 2.18. The standard InChI is InChI=1S/C13H23NOS2/c1-13(2,3)11-9-17-12(14-11)8-10(15)6-5-7-16-4/h9-10,15H,5-8H2,1-4H3. The zero-order chi connectivity index (χ0) is 12.9. The van der Waals surface area contributed by atoms with Crippen LogP contribution in [0.1, 0.15) is 44.3 Å². The lowest BCUT2D eigenvalue weighted by molar-refractivity contribution is 0.164. The smallest absolute Gasteiger partial charge is 0.0954 e. The molecule has 0 saturated heterocycles. The third-order valence-corrected chi connectivity index (χ3v) is 4.18. The van der Waals surface area contributed by atoms with Crippen molar-refractivity contribution in [3.63, 3.8) is 0 Å². The van der Waals surface area contributed by atoms with Crippen molar-refractivity contribution < 1.29 is 5.11 Å². The van der Waals surface area contributed by atoms with Gasteiger partial charge in [-0.05, 0) is 24.9 Å². The van der Waals surface area contributed by atoms with E-state index in [2.05, 4.69) is 37.4 Å². The lowest BCUT2D eigenvalue weighted by Gasteiger charge is -2.14. The minimum Gasteiger partial charge on any atom is -0.393 e. The molecular formula is C13H23NOS2. The Morgan fingerprint density at radius 1 is 1.47 bits per heavy atom. The normalized spacial score (nSPS) is 13.9. The minimum atomic E-state index is -0.235. The van der Waals surface area contributed by atoms with Crippen LogP contribution in [0.25, 0.3) is 0 Å². The molecule has 1 aromatic rings. The van der Waals surface area contributed by atoms with Crippen LogP contribution < -0.4 is 0 Å². The largest absolute Gasteiger partial charge is 0.393 e. The average molecular weight is 273 g/mol. The number of thioether (sulfide) groups is 1. The Balaban J connectivity index is 2.43. The maximum Gasteiger partial charge on any atom is 0.0954 e. The molecule has 0 spiro atoms. The maximum atomic E-state index is 9.90. The van der Waals surface area contributed by atoms with E-state index in [4.69, 9.17) is 0 Å². The third-order valence-electron chi connectivity index (χ3n) is 2.62. The van der Waals surface area contributed by atoms with E-state index in [1.807, 2.05) is 11.8 Å². The number of aliphatic hydroxyl groups is 1. The number of thiazole rings is 1. The molecule has 1 N–H and O–H groups in total. The second-order valence-corrected chi connectivity index (χ2v) is 7.30. The highest BCUT2D eigenvalue weighted by molar-refractivity contribution is 7.98. The Bertz CT molecular complexity index is 330. The number of hydrogen-bond donors (Lipinski definition) is 1. The molecule has 4 heteroatoms. The summed E-state index contributed by atoms with van der Waals surface area (Å²) in [6.45, 7) is 6.50. The fourth-order valence-electron chi connectivity index (χ4n) is 1.52. The molecule has 2 nitrogen and oxygen atoms in total. The number of aliphatic hydroxyl groups excluding tert-OH is 1. The van der Waals surface area contributed by atoms with E-state index in [1.165, 1.54) is 0 Å². The molecule has 0 fully saturated rings. The second-order valence-electron chi connectivity index (χ2n) is 5.37. The molecule has 98 valence electrons. The molecule has 0 aliphatic carbocycles. The van der Waals surface area contributed by atoms with E-state index < -0.39 is 0 Å². The second kappa shape index (κ2) is 6.76. The van der Waals surface area contributed by atoms with Crippen LogP contribution in [-0.2, 0) is 11.8 Å². The van der Waals surface area contributed by atoms with E-state index in [-0.39, 0.29) is 11.5 Å². The van der Waals surface area contributed by atoms with Crippen LogP contribution in [0, 0.1) is 0 Å². The molecule has 1 aromatic heterocycles. The van der Waals surface area contributed by atoms with E-state index in [0.29, 0.717) is 6.42 Å². The van der Waals surface area contributed by atoms with Crippen LogP contribution in [0.4, 0.5) is 0 Å². The van der Waals surface area contributed by atoms with Gasteiger partial charge in [0.2, 0.25) is 0 Å². The van der Waals surface area contributed by atoms with Gasteiger partial charge in [0.25, 0.3) is 0 Å². The molecule has 1 rings (SSSR count). The van der Waals surface area contributed by atoms with Crippen LogP contribution in [0.3, 0.4) is 0 Å². The van der Waals surface area contributed by atoms with E-state index >= 15 is 0 Å². The summed E-state index contributed by atoms with van der Waals surface area (Å²) >= 11 is 3.50. The first kappa shape index (κ1) is 15.0. The van der Waals surface area contributed by atoms with Crippen molar-refractivity contribution in [3.05, 3.63) is 16.1 Å². The molecule has 0 aromatic carbocycles. The molecule has 0 bridgehead atoms. The van der Waals surface area contributed by atoms with Gasteiger partial charge in [0, 0.05) is 17.2 Å². The SMILES string of the molecule is CSCCCC(O)Cc1nc(C(C)(C)C)cs1. The molecule has 0 aliphatic rings. The zero-order valence-corrected chi connectivity index (χ0v) is 12.8. The van der Waals surface area contributed by atoms with Crippen LogP contribution in [0.5, 0.6) is 0 Å². The minimum absolute atomic E-state index is 0.110. The first-order valence-electron chi connectivity index (χ1n) is 6.05. The Kier molecular flexibility index (Phi) is 5.97. The van der Waals surface area contributed by atoms with Crippen molar-refractivity contribution >= 4 is 23.1 Å². The van der Waals surface area contributed by atoms with Crippen molar-refractivity contribution in [2.24, 2.45) is 0 Å². The van der Waals surface area contributed by atoms with Crippen molar-refractivity contribution in [1.29, 1.82) is 0 Å². The van der Waals surface area contributed by atoms with Crippen molar-refractivity contribution in [1.82, 2.24) is 4.98 Å². The van der Waals surface area contributed by atoms with Gasteiger partial charge in [-0.1, -0.05) is 20.8 Å². The van der Waals surface area contributed by atoms with Gasteiger partial charge < -0.3 is 5.11 Å². The summed E-state index contributed by atoms with van der Waals surface area (Å²) in [4.78, 5) is 4.60. The van der Waals surface area contributed by atoms with Gasteiger partial charge in [-0.2, -0.15) is 11.8 Å². The van der Waals surface area contributed by atoms with E-state index in [9.17, 15) is 5.11 Å². The average Bonchev–Trinajstić information content (AvgIpc) is 2.66. The zero-order valence-electron chi connectivity index (χ0n) is 11.2. The Hall–Kier alpha value is -0.0600. The summed E-state index contributed by atoms with van der Waals surface area (Å²) in [7, 11) is 0. The molecule has 1 unspecified atom stereocenters. The molecule has 0 aliphatic heterocycles. The highest BCUT2D eigenvalue weighted by atomic mass is 32.2. The summed E-state index contributed by atoms with van der Waals surface area (Å²) in [6.07, 6.45) is 4.53. The Morgan fingerprint density at radius 2 is 2.18 bits per heavy atom. The van der Waals surface area contributed by atoms with Crippen LogP contribution in [0.2, 0.25) is 0 Å². The number of rotatable bonds is 6. The molecule has 0 radical (unpaired) electrons. The van der Waals surface area contributed by atoms with Gasteiger partial charge >= 0.3 is 0 Å². The molecule has 0 saturated carbocycles. The lowest BCUT2D eigenvalue weighted by atomic mass is 9.93. The fourth-order valence-corrected chi connectivity index (χ4v) is 3.06. The van der Waals surface area contributed by atoms with Gasteiger partial charge in [0.1, 0.15) is 0 Å². The maximum absolute atomic E-state index is 9.90. The van der Waals surface area contributed by atoms with Gasteiger partial charge in [0.05, 0.1) is 16.8 Å². The lowest BCUT2D eigenvalue weighted by Crippen LogP contribution is -2.13. The summed E-state index contributed by atoms with van der Waals surface area (Å²) < 4.78 is 0. The van der Waals surface area contributed by atoms with E-state index in [0.717, 1.165) is 29.3 Å². The summed E-state index contributed by atoms with van der Waals surface area (Å²) in [5.74, 6) is 1.13. The first-order valence-corrected chi connectivity index (χ1v) is 8.32. The van der Waals surface area contributed by atoms with Crippen molar-refractivity contribution in [3.8, 4) is 0 Å². The molecule has 1 heterocycles. The number of nitrogens with zero attached hydrogens (tertiary/aromatic N) is 1. The van der Waals surface area contributed by atoms with Crippen LogP contribution in [0.15, 0.2) is 5.38 Å². The van der Waals surface area contributed by atoms with Gasteiger partial charge in [-0.15, -0.1) is 11.3 Å². The predicted octanol–water partition coefficient (Wildman–Crippen LogP) is 3.49. The molecule has 1 atom stereocenters. The number of hydrogen-bond acceptors (Lipinski definition) is 4. The highest BCUT2D eigenvalue weighted by Crippen LogP contribution is 2.24. The predicted molar refractivity (Wildman–Crippen MR) is 78.1 cm³/mol. The van der Waals surface area contributed by atoms with E-state index in [1.54, 1.807) is 11.3 Å². The van der Waals surface area contributed by atoms with Crippen LogP contribution in [-0.4, -0.2) is 28.2 Å². The summed E-state index contributed by atoms with van der Waals surface area (Å²) in [5, 5.41) is 13.1. The topological polar surface area (TPSA) is 33.1 Å². The van der Waals surface area contributed by atoms with Crippen LogP contribution >= 0.6 is 23.1 Å². The monoisotopic (exact) mass is 273 g/mol. The van der Waals surface area contributed by atoms with Crippen molar-refractivity contribution in [2.75, 3.05) is 12.0 Å². The fraction of sp³-hybridized carbons (Fsp3) is 0.769. The third kappa shape index (κ3) is 5.40. The van der Waals surface area contributed by atoms with Gasteiger partial charge in [0.15, 0.2) is 0 Å². The molecule has 0 amide bonds. The number of aromatic nitrogens is 1.